The van der Waals surface area contributed by atoms with Crippen LogP contribution < -0.4 is 10.6 Å². The summed E-state index contributed by atoms with van der Waals surface area (Å²) in [6, 6.07) is 0. The topological polar surface area (TPSA) is 79.5 Å². The van der Waals surface area contributed by atoms with E-state index in [1.807, 2.05) is 4.90 Å². The molecule has 0 bridgehead atoms. The Balaban J connectivity index is 3.30. The maximum atomic E-state index is 12.3. The highest BCUT2D eigenvalue weighted by Crippen LogP contribution is 2.36. The van der Waals surface area contributed by atoms with Crippen LogP contribution in [0.1, 0.15) is 26.7 Å². The standard InChI is InChI=1S/C11H22N4O2S2/c1-5-7-15(8-6-2)11-9(10(12)13-18-11)19(16,17)14(3)4/h5-8H2,1-4H3,(H2,12,13). The number of hydrogen-bond donors (Lipinski definition) is 1. The molecule has 8 heteroatoms. The zero-order chi connectivity index (χ0) is 14.6. The molecule has 0 aliphatic carbocycles. The van der Waals surface area contributed by atoms with Gasteiger partial charge in [-0.1, -0.05) is 13.8 Å². The molecule has 1 rings (SSSR count). The molecule has 0 aliphatic rings. The summed E-state index contributed by atoms with van der Waals surface area (Å²) >= 11 is 1.15. The second-order valence-corrected chi connectivity index (χ2v) is 7.32. The lowest BCUT2D eigenvalue weighted by Gasteiger charge is -2.23. The highest BCUT2D eigenvalue weighted by molar-refractivity contribution is 7.89. The molecule has 0 radical (unpaired) electrons. The van der Waals surface area contributed by atoms with Gasteiger partial charge in [0.05, 0.1) is 0 Å². The second kappa shape index (κ2) is 6.53. The molecular formula is C11H22N4O2S2. The lowest BCUT2D eigenvalue weighted by atomic mass is 10.3. The maximum Gasteiger partial charge on any atom is 0.249 e. The van der Waals surface area contributed by atoms with E-state index in [2.05, 4.69) is 18.2 Å². The van der Waals surface area contributed by atoms with Crippen LogP contribution in [0, 0.1) is 0 Å². The van der Waals surface area contributed by atoms with E-state index < -0.39 is 10.0 Å². The lowest BCUT2D eigenvalue weighted by Crippen LogP contribution is -2.28. The van der Waals surface area contributed by atoms with Gasteiger partial charge in [0, 0.05) is 27.2 Å². The van der Waals surface area contributed by atoms with E-state index in [9.17, 15) is 8.42 Å². The number of sulfonamides is 1. The first-order valence-electron chi connectivity index (χ1n) is 6.28. The molecule has 0 fully saturated rings. The predicted octanol–water partition coefficient (Wildman–Crippen LogP) is 1.60. The van der Waals surface area contributed by atoms with Crippen molar-refractivity contribution in [3.63, 3.8) is 0 Å². The third kappa shape index (κ3) is 3.37. The Kier molecular flexibility index (Phi) is 5.57. The number of nitrogen functional groups attached to an aromatic ring is 1. The number of rotatable bonds is 7. The van der Waals surface area contributed by atoms with Crippen LogP contribution in [0.15, 0.2) is 4.90 Å². The Morgan fingerprint density at radius 3 is 2.16 bits per heavy atom. The fourth-order valence-electron chi connectivity index (χ4n) is 1.77. The van der Waals surface area contributed by atoms with Crippen LogP contribution in [0.2, 0.25) is 0 Å². The lowest BCUT2D eigenvalue weighted by molar-refractivity contribution is 0.521. The van der Waals surface area contributed by atoms with E-state index in [1.165, 1.54) is 18.4 Å². The van der Waals surface area contributed by atoms with Gasteiger partial charge in [0.1, 0.15) is 5.00 Å². The van der Waals surface area contributed by atoms with E-state index in [0.29, 0.717) is 5.00 Å². The van der Waals surface area contributed by atoms with Crippen LogP contribution >= 0.6 is 11.5 Å². The molecule has 1 aromatic heterocycles. The van der Waals surface area contributed by atoms with E-state index in [1.54, 1.807) is 0 Å². The highest BCUT2D eigenvalue weighted by Gasteiger charge is 2.29. The third-order valence-electron chi connectivity index (χ3n) is 2.67. The van der Waals surface area contributed by atoms with E-state index in [4.69, 9.17) is 5.73 Å². The zero-order valence-corrected chi connectivity index (χ0v) is 13.5. The molecule has 0 aliphatic heterocycles. The normalized spacial score (nSPS) is 12.1. The van der Waals surface area contributed by atoms with Crippen molar-refractivity contribution in [1.82, 2.24) is 8.68 Å². The Morgan fingerprint density at radius 2 is 1.74 bits per heavy atom. The van der Waals surface area contributed by atoms with E-state index in [-0.39, 0.29) is 10.7 Å². The molecule has 0 saturated heterocycles. The second-order valence-electron chi connectivity index (χ2n) is 4.48. The monoisotopic (exact) mass is 306 g/mol. The van der Waals surface area contributed by atoms with Crippen LogP contribution in [0.25, 0.3) is 0 Å². The van der Waals surface area contributed by atoms with Gasteiger partial charge in [0.15, 0.2) is 10.7 Å². The number of hydrogen-bond acceptors (Lipinski definition) is 6. The smallest absolute Gasteiger partial charge is 0.249 e. The fraction of sp³-hybridized carbons (Fsp3) is 0.727. The van der Waals surface area contributed by atoms with Gasteiger partial charge in [0.2, 0.25) is 10.0 Å². The van der Waals surface area contributed by atoms with Crippen LogP contribution in [0.5, 0.6) is 0 Å². The summed E-state index contributed by atoms with van der Waals surface area (Å²) in [4.78, 5) is 2.19. The van der Waals surface area contributed by atoms with Gasteiger partial charge in [-0.15, -0.1) is 0 Å². The molecule has 2 N–H and O–H groups in total. The molecule has 1 heterocycles. The molecule has 0 amide bonds. The van der Waals surface area contributed by atoms with Crippen molar-refractivity contribution in [2.45, 2.75) is 31.6 Å². The Bertz CT molecular complexity index is 505. The number of nitrogens with zero attached hydrogens (tertiary/aromatic N) is 3. The largest absolute Gasteiger partial charge is 0.382 e. The quantitative estimate of drug-likeness (QED) is 0.827. The summed E-state index contributed by atoms with van der Waals surface area (Å²) in [6.45, 7) is 5.72. The van der Waals surface area contributed by atoms with Gasteiger partial charge in [-0.2, -0.15) is 4.37 Å². The highest BCUT2D eigenvalue weighted by atomic mass is 32.2. The minimum absolute atomic E-state index is 0.0888. The zero-order valence-electron chi connectivity index (χ0n) is 11.9. The minimum atomic E-state index is -3.56. The van der Waals surface area contributed by atoms with Crippen molar-refractivity contribution in [3.05, 3.63) is 0 Å². The molecule has 1 aromatic rings. The van der Waals surface area contributed by atoms with E-state index >= 15 is 0 Å². The predicted molar refractivity (Wildman–Crippen MR) is 80.2 cm³/mol. The van der Waals surface area contributed by atoms with Crippen LogP contribution in [0.4, 0.5) is 10.8 Å². The van der Waals surface area contributed by atoms with Crippen molar-refractivity contribution in [3.8, 4) is 0 Å². The first-order valence-corrected chi connectivity index (χ1v) is 8.50. The first kappa shape index (κ1) is 16.2. The number of aromatic nitrogens is 1. The van der Waals surface area contributed by atoms with Crippen molar-refractivity contribution in [2.75, 3.05) is 37.8 Å². The number of nitrogens with two attached hydrogens (primary N) is 1. The fourth-order valence-corrected chi connectivity index (χ4v) is 4.04. The van der Waals surface area contributed by atoms with E-state index in [0.717, 1.165) is 37.5 Å². The minimum Gasteiger partial charge on any atom is -0.382 e. The molecule has 0 unspecified atom stereocenters. The average Bonchev–Trinajstić information content (AvgIpc) is 2.71. The molecular weight excluding hydrogens is 284 g/mol. The molecule has 0 spiro atoms. The Morgan fingerprint density at radius 1 is 1.21 bits per heavy atom. The van der Waals surface area contributed by atoms with Gasteiger partial charge in [-0.25, -0.2) is 12.7 Å². The molecule has 0 saturated carbocycles. The van der Waals surface area contributed by atoms with Crippen molar-refractivity contribution in [2.24, 2.45) is 0 Å². The van der Waals surface area contributed by atoms with Gasteiger partial charge in [-0.05, 0) is 24.4 Å². The first-order chi connectivity index (χ1) is 8.86. The third-order valence-corrected chi connectivity index (χ3v) is 5.60. The Labute approximate surface area is 119 Å². The summed E-state index contributed by atoms with van der Waals surface area (Å²) < 4.78 is 29.9. The SMILES string of the molecule is CCCN(CCC)c1snc(N)c1S(=O)(=O)N(C)C. The molecule has 0 aromatic carbocycles. The van der Waals surface area contributed by atoms with Gasteiger partial charge in [0.25, 0.3) is 0 Å². The molecule has 0 atom stereocenters. The summed E-state index contributed by atoms with van der Waals surface area (Å²) in [5, 5.41) is 0.648. The average molecular weight is 306 g/mol. The van der Waals surface area contributed by atoms with Crippen molar-refractivity contribution >= 4 is 32.4 Å². The maximum absolute atomic E-state index is 12.3. The van der Waals surface area contributed by atoms with Crippen LogP contribution in [0.3, 0.4) is 0 Å². The summed E-state index contributed by atoms with van der Waals surface area (Å²) in [6.07, 6.45) is 1.89. The number of anilines is 2. The van der Waals surface area contributed by atoms with Crippen molar-refractivity contribution in [1.29, 1.82) is 0 Å². The van der Waals surface area contributed by atoms with Crippen LogP contribution in [-0.2, 0) is 10.0 Å². The van der Waals surface area contributed by atoms with Crippen molar-refractivity contribution < 1.29 is 8.42 Å². The molecule has 19 heavy (non-hydrogen) atoms. The summed E-state index contributed by atoms with van der Waals surface area (Å²) in [5.74, 6) is 0.0888. The molecule has 6 nitrogen and oxygen atoms in total. The van der Waals surface area contributed by atoms with Gasteiger partial charge >= 0.3 is 0 Å². The summed E-state index contributed by atoms with van der Waals surface area (Å²) in [5.41, 5.74) is 5.76. The molecule has 110 valence electrons. The van der Waals surface area contributed by atoms with Gasteiger partial charge in [-0.3, -0.25) is 0 Å². The summed E-state index contributed by atoms with van der Waals surface area (Å²) in [7, 11) is -0.562. The van der Waals surface area contributed by atoms with Gasteiger partial charge < -0.3 is 10.6 Å². The Hall–Kier alpha value is -0.860. The van der Waals surface area contributed by atoms with Crippen LogP contribution in [-0.4, -0.2) is 44.3 Å².